The molecule has 5 heteroatoms. The second-order valence-electron chi connectivity index (χ2n) is 6.22. The molecule has 0 fully saturated rings. The molecule has 4 nitrogen and oxygen atoms in total. The first-order valence-electron chi connectivity index (χ1n) is 8.27. The fraction of sp³-hybridized carbons (Fsp3) is 0.350. The van der Waals surface area contributed by atoms with E-state index in [9.17, 15) is 9.18 Å². The highest BCUT2D eigenvalue weighted by molar-refractivity contribution is 5.81. The Kier molecular flexibility index (Phi) is 6.39. The molecule has 2 aromatic rings. The number of amides is 1. The number of nitrogens with one attached hydrogen (secondary N) is 1. The minimum Gasteiger partial charge on any atom is -0.497 e. The highest BCUT2D eigenvalue weighted by Crippen LogP contribution is 2.24. The fourth-order valence-corrected chi connectivity index (χ4v) is 2.49. The van der Waals surface area contributed by atoms with Crippen LogP contribution in [-0.2, 0) is 4.79 Å². The molecule has 0 aromatic heterocycles. The summed E-state index contributed by atoms with van der Waals surface area (Å²) in [7, 11) is 1.62. The Bertz CT molecular complexity index is 683. The van der Waals surface area contributed by atoms with Gasteiger partial charge in [0.2, 0.25) is 0 Å². The Morgan fingerprint density at radius 2 is 1.52 bits per heavy atom. The molecule has 0 saturated heterocycles. The van der Waals surface area contributed by atoms with E-state index >= 15 is 0 Å². The summed E-state index contributed by atoms with van der Waals surface area (Å²) in [4.78, 5) is 12.5. The van der Waals surface area contributed by atoms with Crippen molar-refractivity contribution in [3.8, 4) is 11.5 Å². The number of rotatable bonds is 7. The van der Waals surface area contributed by atoms with E-state index in [2.05, 4.69) is 5.32 Å². The smallest absolute Gasteiger partial charge is 0.261 e. The molecule has 25 heavy (non-hydrogen) atoms. The van der Waals surface area contributed by atoms with Crippen LogP contribution in [0.3, 0.4) is 0 Å². The molecule has 1 N–H and O–H groups in total. The maximum atomic E-state index is 12.9. The van der Waals surface area contributed by atoms with E-state index in [1.165, 1.54) is 24.3 Å². The first-order valence-corrected chi connectivity index (χ1v) is 8.27. The largest absolute Gasteiger partial charge is 0.497 e. The predicted molar refractivity (Wildman–Crippen MR) is 95.2 cm³/mol. The first kappa shape index (κ1) is 18.8. The summed E-state index contributed by atoms with van der Waals surface area (Å²) in [5.41, 5.74) is 0.998. The molecule has 0 spiro atoms. The molecule has 2 atom stereocenters. The number of carbonyl (C=O) groups excluding carboxylic acids is 1. The van der Waals surface area contributed by atoms with Crippen LogP contribution in [-0.4, -0.2) is 19.1 Å². The lowest BCUT2D eigenvalue weighted by atomic mass is 9.95. The molecule has 0 aliphatic carbocycles. The van der Waals surface area contributed by atoms with Gasteiger partial charge in [-0.25, -0.2) is 4.39 Å². The monoisotopic (exact) mass is 345 g/mol. The molecule has 0 saturated carbocycles. The third-order valence-corrected chi connectivity index (χ3v) is 3.94. The topological polar surface area (TPSA) is 47.6 Å². The van der Waals surface area contributed by atoms with Gasteiger partial charge in [0, 0.05) is 0 Å². The minimum atomic E-state index is -0.690. The van der Waals surface area contributed by atoms with Crippen molar-refractivity contribution in [2.75, 3.05) is 7.11 Å². The number of benzene rings is 2. The van der Waals surface area contributed by atoms with E-state index in [-0.39, 0.29) is 23.7 Å². The normalized spacial score (nSPS) is 13.2. The van der Waals surface area contributed by atoms with E-state index in [1.807, 2.05) is 38.1 Å². The molecule has 0 heterocycles. The number of ether oxygens (including phenoxy) is 2. The maximum Gasteiger partial charge on any atom is 0.261 e. The Morgan fingerprint density at radius 1 is 0.960 bits per heavy atom. The molecule has 0 radical (unpaired) electrons. The number of hydrogen-bond donors (Lipinski definition) is 1. The van der Waals surface area contributed by atoms with Gasteiger partial charge in [-0.15, -0.1) is 0 Å². The van der Waals surface area contributed by atoms with Crippen molar-refractivity contribution in [3.05, 3.63) is 59.9 Å². The quantitative estimate of drug-likeness (QED) is 0.821. The van der Waals surface area contributed by atoms with Crippen molar-refractivity contribution < 1.29 is 18.7 Å². The predicted octanol–water partition coefficient (Wildman–Crippen LogP) is 4.12. The van der Waals surface area contributed by atoms with Crippen LogP contribution < -0.4 is 14.8 Å². The second-order valence-corrected chi connectivity index (χ2v) is 6.22. The van der Waals surface area contributed by atoms with E-state index in [0.717, 1.165) is 11.3 Å². The summed E-state index contributed by atoms with van der Waals surface area (Å²) < 4.78 is 23.7. The maximum absolute atomic E-state index is 12.9. The summed E-state index contributed by atoms with van der Waals surface area (Å²) in [5, 5.41) is 3.02. The molecule has 0 bridgehead atoms. The van der Waals surface area contributed by atoms with Crippen molar-refractivity contribution in [2.45, 2.75) is 32.9 Å². The highest BCUT2D eigenvalue weighted by Gasteiger charge is 2.22. The molecular formula is C20H24FNO3. The van der Waals surface area contributed by atoms with Crippen molar-refractivity contribution in [1.29, 1.82) is 0 Å². The van der Waals surface area contributed by atoms with Crippen molar-refractivity contribution in [1.82, 2.24) is 5.32 Å². The van der Waals surface area contributed by atoms with Crippen LogP contribution in [0, 0.1) is 11.7 Å². The zero-order valence-corrected chi connectivity index (χ0v) is 15.0. The van der Waals surface area contributed by atoms with Gasteiger partial charge in [-0.1, -0.05) is 26.0 Å². The lowest BCUT2D eigenvalue weighted by Crippen LogP contribution is -2.40. The Morgan fingerprint density at radius 3 is 2.04 bits per heavy atom. The van der Waals surface area contributed by atoms with Crippen LogP contribution in [0.25, 0.3) is 0 Å². The van der Waals surface area contributed by atoms with E-state index in [0.29, 0.717) is 5.75 Å². The van der Waals surface area contributed by atoms with Gasteiger partial charge in [0.1, 0.15) is 17.3 Å². The van der Waals surface area contributed by atoms with Crippen LogP contribution in [0.1, 0.15) is 32.4 Å². The molecule has 134 valence electrons. The van der Waals surface area contributed by atoms with Gasteiger partial charge in [0.05, 0.1) is 13.2 Å². The molecule has 0 unspecified atom stereocenters. The van der Waals surface area contributed by atoms with Gasteiger partial charge >= 0.3 is 0 Å². The molecular weight excluding hydrogens is 321 g/mol. The van der Waals surface area contributed by atoms with Crippen LogP contribution in [0.2, 0.25) is 0 Å². The summed E-state index contributed by atoms with van der Waals surface area (Å²) in [5.74, 6) is 0.859. The van der Waals surface area contributed by atoms with Crippen molar-refractivity contribution in [2.24, 2.45) is 5.92 Å². The number of carbonyl (C=O) groups is 1. The van der Waals surface area contributed by atoms with E-state index in [1.54, 1.807) is 14.0 Å². The number of hydrogen-bond acceptors (Lipinski definition) is 3. The SMILES string of the molecule is COc1ccc([C@@H](NC(=O)[C@H](C)Oc2ccc(F)cc2)C(C)C)cc1. The second kappa shape index (κ2) is 8.51. The molecule has 1 amide bonds. The Labute approximate surface area is 148 Å². The third kappa shape index (κ3) is 5.21. The fourth-order valence-electron chi connectivity index (χ4n) is 2.49. The lowest BCUT2D eigenvalue weighted by molar-refractivity contribution is -0.128. The molecule has 2 rings (SSSR count). The van der Waals surface area contributed by atoms with Gasteiger partial charge in [-0.05, 0) is 54.8 Å². The number of halogens is 1. The molecule has 2 aromatic carbocycles. The average Bonchev–Trinajstić information content (AvgIpc) is 2.61. The highest BCUT2D eigenvalue weighted by atomic mass is 19.1. The molecule has 0 aliphatic heterocycles. The van der Waals surface area contributed by atoms with Crippen molar-refractivity contribution in [3.63, 3.8) is 0 Å². The zero-order valence-electron chi connectivity index (χ0n) is 15.0. The van der Waals surface area contributed by atoms with Gasteiger partial charge in [0.25, 0.3) is 5.91 Å². The van der Waals surface area contributed by atoms with E-state index < -0.39 is 6.10 Å². The van der Waals surface area contributed by atoms with Gasteiger partial charge in [-0.3, -0.25) is 4.79 Å². The first-order chi connectivity index (χ1) is 11.9. The summed E-state index contributed by atoms with van der Waals surface area (Å²) in [6.07, 6.45) is -0.690. The third-order valence-electron chi connectivity index (χ3n) is 3.94. The van der Waals surface area contributed by atoms with Crippen LogP contribution in [0.4, 0.5) is 4.39 Å². The molecule has 0 aliphatic rings. The zero-order chi connectivity index (χ0) is 18.4. The van der Waals surface area contributed by atoms with Crippen LogP contribution in [0.5, 0.6) is 11.5 Å². The minimum absolute atomic E-state index is 0.141. The average molecular weight is 345 g/mol. The standard InChI is InChI=1S/C20H24FNO3/c1-13(2)19(15-5-9-17(24-4)10-6-15)22-20(23)14(3)25-18-11-7-16(21)8-12-18/h5-14,19H,1-4H3,(H,22,23)/t14-,19-/m0/s1. The van der Waals surface area contributed by atoms with E-state index in [4.69, 9.17) is 9.47 Å². The lowest BCUT2D eigenvalue weighted by Gasteiger charge is -2.25. The van der Waals surface area contributed by atoms with Crippen molar-refractivity contribution >= 4 is 5.91 Å². The Balaban J connectivity index is 2.04. The summed E-state index contributed by atoms with van der Waals surface area (Å²) in [6.45, 7) is 5.76. The van der Waals surface area contributed by atoms with Gasteiger partial charge < -0.3 is 14.8 Å². The summed E-state index contributed by atoms with van der Waals surface area (Å²) in [6, 6.07) is 13.1. The van der Waals surface area contributed by atoms with Gasteiger partial charge in [-0.2, -0.15) is 0 Å². The Hall–Kier alpha value is -2.56. The number of methoxy groups -OCH3 is 1. The van der Waals surface area contributed by atoms with Crippen LogP contribution in [0.15, 0.2) is 48.5 Å². The summed E-state index contributed by atoms with van der Waals surface area (Å²) >= 11 is 0. The van der Waals surface area contributed by atoms with Gasteiger partial charge in [0.15, 0.2) is 6.10 Å². The van der Waals surface area contributed by atoms with Crippen LogP contribution >= 0.6 is 0 Å².